The zero-order valence-electron chi connectivity index (χ0n) is 16.9. The van der Waals surface area contributed by atoms with Crippen molar-refractivity contribution in [1.82, 2.24) is 9.78 Å². The van der Waals surface area contributed by atoms with E-state index < -0.39 is 5.82 Å². The molecule has 0 aliphatic rings. The van der Waals surface area contributed by atoms with Crippen molar-refractivity contribution in [2.75, 3.05) is 0 Å². The first-order valence-electron chi connectivity index (χ1n) is 9.51. The van der Waals surface area contributed by atoms with Gasteiger partial charge in [-0.3, -0.25) is 4.79 Å². The van der Waals surface area contributed by atoms with Crippen LogP contribution in [0.5, 0.6) is 11.5 Å². The molecule has 0 spiro atoms. The molecule has 0 aliphatic heterocycles. The van der Waals surface area contributed by atoms with E-state index in [4.69, 9.17) is 28.2 Å². The van der Waals surface area contributed by atoms with E-state index in [1.807, 2.05) is 13.0 Å². The van der Waals surface area contributed by atoms with Crippen LogP contribution >= 0.6 is 11.6 Å². The highest BCUT2D eigenvalue weighted by Gasteiger charge is 2.17. The molecule has 1 aromatic heterocycles. The minimum Gasteiger partial charge on any atom is -0.454 e. The summed E-state index contributed by atoms with van der Waals surface area (Å²) in [4.78, 5) is 15.5. The van der Waals surface area contributed by atoms with Gasteiger partial charge in [0.05, 0.1) is 23.4 Å². The molecular formula is C23H18ClFN4O2. The van der Waals surface area contributed by atoms with Crippen molar-refractivity contribution < 1.29 is 9.13 Å². The summed E-state index contributed by atoms with van der Waals surface area (Å²) in [6.07, 6.45) is 0.882. The summed E-state index contributed by atoms with van der Waals surface area (Å²) < 4.78 is 22.3. The summed E-state index contributed by atoms with van der Waals surface area (Å²) in [6.45, 7) is 11.3. The predicted octanol–water partition coefficient (Wildman–Crippen LogP) is 5.56. The zero-order valence-corrected chi connectivity index (χ0v) is 17.7. The molecule has 1 heterocycles. The van der Waals surface area contributed by atoms with Gasteiger partial charge in [0.25, 0.3) is 5.56 Å². The Balaban J connectivity index is 1.98. The molecule has 0 saturated heterocycles. The van der Waals surface area contributed by atoms with Crippen molar-refractivity contribution >= 4 is 17.3 Å². The van der Waals surface area contributed by atoms with Crippen LogP contribution < -0.4 is 10.3 Å². The van der Waals surface area contributed by atoms with Gasteiger partial charge in [-0.1, -0.05) is 24.6 Å². The molecule has 31 heavy (non-hydrogen) atoms. The molecule has 0 saturated carbocycles. The van der Waals surface area contributed by atoms with Crippen LogP contribution in [0.1, 0.15) is 35.7 Å². The Kier molecular flexibility index (Phi) is 6.69. The molecule has 156 valence electrons. The lowest BCUT2D eigenvalue weighted by molar-refractivity contribution is 0.439. The fourth-order valence-electron chi connectivity index (χ4n) is 3.08. The Bertz CT molecular complexity index is 1260. The standard InChI is InChI=1S/C23H18ClFN4O2/c1-4-7-29-23(30)14(2)8-18(28-29)11-16-5-6-20(24)22(21(16)25)31-19-10-15(13-26)9-17(12-19)27-3/h5-6,8-10,12H,4,7,11H2,1-2H3. The molecule has 0 atom stereocenters. The highest BCUT2D eigenvalue weighted by Crippen LogP contribution is 2.36. The number of halogens is 2. The summed E-state index contributed by atoms with van der Waals surface area (Å²) in [6, 6.07) is 10.8. The highest BCUT2D eigenvalue weighted by atomic mass is 35.5. The number of rotatable bonds is 6. The second-order valence-electron chi connectivity index (χ2n) is 6.91. The zero-order chi connectivity index (χ0) is 22.5. The van der Waals surface area contributed by atoms with Gasteiger partial charge < -0.3 is 4.74 Å². The van der Waals surface area contributed by atoms with Gasteiger partial charge in [0.2, 0.25) is 0 Å². The predicted molar refractivity (Wildman–Crippen MR) is 115 cm³/mol. The third-order valence-corrected chi connectivity index (χ3v) is 4.81. The molecule has 0 unspecified atom stereocenters. The summed E-state index contributed by atoms with van der Waals surface area (Å²) in [5.41, 5.74) is 1.60. The molecule has 0 fully saturated rings. The van der Waals surface area contributed by atoms with E-state index in [-0.39, 0.29) is 45.3 Å². The number of nitriles is 1. The maximum absolute atomic E-state index is 15.3. The fourth-order valence-corrected chi connectivity index (χ4v) is 3.27. The Morgan fingerprint density at radius 2 is 2.10 bits per heavy atom. The minimum absolute atomic E-state index is 0.0491. The van der Waals surface area contributed by atoms with E-state index in [1.165, 1.54) is 35.0 Å². The number of ether oxygens (including phenoxy) is 1. The Morgan fingerprint density at radius 1 is 1.32 bits per heavy atom. The molecule has 2 aromatic carbocycles. The minimum atomic E-state index is -0.674. The van der Waals surface area contributed by atoms with Gasteiger partial charge in [-0.25, -0.2) is 13.9 Å². The van der Waals surface area contributed by atoms with Crippen molar-refractivity contribution in [1.29, 1.82) is 5.26 Å². The molecule has 0 amide bonds. The summed E-state index contributed by atoms with van der Waals surface area (Å²) in [5.74, 6) is -0.746. The second kappa shape index (κ2) is 9.42. The molecule has 0 bridgehead atoms. The molecule has 8 heteroatoms. The van der Waals surface area contributed by atoms with Gasteiger partial charge in [0.15, 0.2) is 17.3 Å². The Morgan fingerprint density at radius 3 is 2.77 bits per heavy atom. The highest BCUT2D eigenvalue weighted by molar-refractivity contribution is 6.32. The van der Waals surface area contributed by atoms with Gasteiger partial charge in [-0.05, 0) is 49.2 Å². The lowest BCUT2D eigenvalue weighted by Gasteiger charge is -2.13. The quantitative estimate of drug-likeness (QED) is 0.474. The third kappa shape index (κ3) is 4.91. The van der Waals surface area contributed by atoms with Crippen molar-refractivity contribution in [3.05, 3.63) is 91.4 Å². The SMILES string of the molecule is [C-]#[N+]c1cc(C#N)cc(Oc2c(Cl)ccc(Cc3cc(C)c(=O)n(CCC)n3)c2F)c1. The molecular weight excluding hydrogens is 419 g/mol. The van der Waals surface area contributed by atoms with Gasteiger partial charge >= 0.3 is 0 Å². The van der Waals surface area contributed by atoms with Crippen molar-refractivity contribution in [3.8, 4) is 17.6 Å². The summed E-state index contributed by atoms with van der Waals surface area (Å²) in [5, 5.41) is 13.5. The van der Waals surface area contributed by atoms with Crippen molar-refractivity contribution in [3.63, 3.8) is 0 Å². The van der Waals surface area contributed by atoms with Crippen LogP contribution in [0.4, 0.5) is 10.1 Å². The molecule has 0 radical (unpaired) electrons. The molecule has 0 aliphatic carbocycles. The average molecular weight is 437 g/mol. The molecule has 6 nitrogen and oxygen atoms in total. The number of hydrogen-bond donors (Lipinski definition) is 0. The first kappa shape index (κ1) is 22.0. The number of aryl methyl sites for hydroxylation is 2. The molecule has 3 aromatic rings. The van der Waals surface area contributed by atoms with Crippen LogP contribution in [0.15, 0.2) is 41.2 Å². The van der Waals surface area contributed by atoms with Crippen LogP contribution in [0.3, 0.4) is 0 Å². The van der Waals surface area contributed by atoms with E-state index in [0.29, 0.717) is 17.8 Å². The second-order valence-corrected chi connectivity index (χ2v) is 7.32. The molecule has 0 N–H and O–H groups in total. The van der Waals surface area contributed by atoms with Crippen molar-refractivity contribution in [2.24, 2.45) is 0 Å². The smallest absolute Gasteiger partial charge is 0.269 e. The van der Waals surface area contributed by atoms with Gasteiger partial charge in [-0.15, -0.1) is 0 Å². The van der Waals surface area contributed by atoms with E-state index in [1.54, 1.807) is 13.0 Å². The molecule has 3 rings (SSSR count). The fraction of sp³-hybridized carbons (Fsp3) is 0.217. The van der Waals surface area contributed by atoms with Gasteiger partial charge in [0.1, 0.15) is 5.75 Å². The monoisotopic (exact) mass is 436 g/mol. The number of benzene rings is 2. The Labute approximate surface area is 183 Å². The number of aromatic nitrogens is 2. The van der Waals surface area contributed by atoms with E-state index in [9.17, 15) is 4.79 Å². The van der Waals surface area contributed by atoms with Gasteiger partial charge in [-0.2, -0.15) is 10.4 Å². The lowest BCUT2D eigenvalue weighted by Crippen LogP contribution is -2.26. The number of nitrogens with zero attached hydrogens (tertiary/aromatic N) is 4. The maximum Gasteiger partial charge on any atom is 0.269 e. The van der Waals surface area contributed by atoms with E-state index in [2.05, 4.69) is 9.94 Å². The third-order valence-electron chi connectivity index (χ3n) is 4.51. The number of hydrogen-bond acceptors (Lipinski definition) is 4. The topological polar surface area (TPSA) is 72.3 Å². The first-order valence-corrected chi connectivity index (χ1v) is 9.89. The van der Waals surface area contributed by atoms with Crippen LogP contribution in [-0.4, -0.2) is 9.78 Å². The maximum atomic E-state index is 15.3. The van der Waals surface area contributed by atoms with E-state index >= 15 is 4.39 Å². The van der Waals surface area contributed by atoms with Crippen LogP contribution in [-0.2, 0) is 13.0 Å². The van der Waals surface area contributed by atoms with Crippen LogP contribution in [0.25, 0.3) is 4.85 Å². The average Bonchev–Trinajstić information content (AvgIpc) is 2.76. The largest absolute Gasteiger partial charge is 0.454 e. The van der Waals surface area contributed by atoms with Crippen LogP contribution in [0, 0.1) is 30.6 Å². The summed E-state index contributed by atoms with van der Waals surface area (Å²) in [7, 11) is 0. The normalized spacial score (nSPS) is 10.4. The van der Waals surface area contributed by atoms with E-state index in [0.717, 1.165) is 6.42 Å². The van der Waals surface area contributed by atoms with Crippen LogP contribution in [0.2, 0.25) is 5.02 Å². The van der Waals surface area contributed by atoms with Gasteiger partial charge in [0, 0.05) is 24.1 Å². The lowest BCUT2D eigenvalue weighted by atomic mass is 10.1. The first-order chi connectivity index (χ1) is 14.9. The summed E-state index contributed by atoms with van der Waals surface area (Å²) >= 11 is 6.16. The van der Waals surface area contributed by atoms with Crippen molar-refractivity contribution in [2.45, 2.75) is 33.2 Å². The Hall–Kier alpha value is -3.68.